The highest BCUT2D eigenvalue weighted by Crippen LogP contribution is 2.26. The van der Waals surface area contributed by atoms with Gasteiger partial charge in [0.15, 0.2) is 5.69 Å². The topological polar surface area (TPSA) is 58.1 Å². The summed E-state index contributed by atoms with van der Waals surface area (Å²) in [4.78, 5) is 13.9. The van der Waals surface area contributed by atoms with Crippen molar-refractivity contribution in [3.63, 3.8) is 0 Å². The van der Waals surface area contributed by atoms with Crippen molar-refractivity contribution < 1.29 is 4.79 Å². The summed E-state index contributed by atoms with van der Waals surface area (Å²) < 4.78 is 0. The maximum atomic E-state index is 12.1. The predicted molar refractivity (Wildman–Crippen MR) is 75.1 cm³/mol. The molecule has 19 heavy (non-hydrogen) atoms. The van der Waals surface area contributed by atoms with Gasteiger partial charge in [-0.25, -0.2) is 0 Å². The van der Waals surface area contributed by atoms with Gasteiger partial charge >= 0.3 is 0 Å². The van der Waals surface area contributed by atoms with Gasteiger partial charge in [-0.2, -0.15) is 0 Å². The molecule has 1 amide bonds. The number of carbonyl (C=O) groups excluding carboxylic acids is 1. The van der Waals surface area contributed by atoms with Crippen LogP contribution in [0.2, 0.25) is 0 Å². The lowest BCUT2D eigenvalue weighted by molar-refractivity contribution is 0.0738. The number of hydrogen-bond donors (Lipinski definition) is 1. The Bertz CT molecular complexity index is 414. The Morgan fingerprint density at radius 2 is 2.21 bits per heavy atom. The summed E-state index contributed by atoms with van der Waals surface area (Å²) in [5, 5.41) is 11.2. The highest BCUT2D eigenvalue weighted by atomic mass is 16.2. The lowest BCUT2D eigenvalue weighted by Gasteiger charge is -2.29. The smallest absolute Gasteiger partial charge is 0.274 e. The van der Waals surface area contributed by atoms with E-state index < -0.39 is 0 Å². The Labute approximate surface area is 114 Å². The number of amides is 1. The minimum absolute atomic E-state index is 0.0403. The van der Waals surface area contributed by atoms with Crippen LogP contribution in [-0.2, 0) is 0 Å². The minimum atomic E-state index is -0.0403. The fourth-order valence-electron chi connectivity index (χ4n) is 2.13. The van der Waals surface area contributed by atoms with Gasteiger partial charge < -0.3 is 10.2 Å². The third kappa shape index (κ3) is 3.66. The van der Waals surface area contributed by atoms with E-state index in [9.17, 15) is 4.79 Å². The average Bonchev–Trinajstić information content (AvgIpc) is 2.40. The maximum absolute atomic E-state index is 12.1. The van der Waals surface area contributed by atoms with Gasteiger partial charge in [0.25, 0.3) is 5.91 Å². The number of anilines is 1. The number of nitrogens with one attached hydrogen (secondary N) is 1. The Hall–Kier alpha value is -1.65. The molecule has 0 aliphatic heterocycles. The molecule has 1 saturated carbocycles. The van der Waals surface area contributed by atoms with E-state index in [0.717, 1.165) is 25.3 Å². The van der Waals surface area contributed by atoms with Gasteiger partial charge in [0.1, 0.15) is 5.82 Å². The van der Waals surface area contributed by atoms with E-state index in [1.54, 1.807) is 11.0 Å². The van der Waals surface area contributed by atoms with E-state index in [1.165, 1.54) is 19.3 Å². The number of aromatic nitrogens is 2. The largest absolute Gasteiger partial charge is 0.369 e. The van der Waals surface area contributed by atoms with Gasteiger partial charge in [0, 0.05) is 20.1 Å². The molecule has 0 bridgehead atoms. The maximum Gasteiger partial charge on any atom is 0.274 e. The summed E-state index contributed by atoms with van der Waals surface area (Å²) >= 11 is 0. The molecule has 1 aromatic rings. The van der Waals surface area contributed by atoms with E-state index >= 15 is 0 Å². The van der Waals surface area contributed by atoms with E-state index in [1.807, 2.05) is 13.1 Å². The summed E-state index contributed by atoms with van der Waals surface area (Å²) in [6.45, 7) is 3.79. The van der Waals surface area contributed by atoms with Crippen LogP contribution in [0.25, 0.3) is 0 Å². The number of nitrogens with zero attached hydrogens (tertiary/aromatic N) is 3. The lowest BCUT2D eigenvalue weighted by Crippen LogP contribution is -2.34. The van der Waals surface area contributed by atoms with Gasteiger partial charge in [-0.15, -0.1) is 10.2 Å². The first-order chi connectivity index (χ1) is 9.20. The second kappa shape index (κ2) is 6.50. The molecule has 0 atom stereocenters. The standard InChI is InChI=1S/C14H22N4O/c1-3-9-15-13-8-7-12(16-17-13)14(19)18(2)10-11-5-4-6-11/h7-8,11H,3-6,9-10H2,1-2H3,(H,15,17). The normalized spacial score (nSPS) is 14.8. The summed E-state index contributed by atoms with van der Waals surface area (Å²) in [5.74, 6) is 1.36. The first kappa shape index (κ1) is 13.8. The first-order valence-electron chi connectivity index (χ1n) is 7.03. The van der Waals surface area contributed by atoms with E-state index in [2.05, 4.69) is 22.4 Å². The highest BCUT2D eigenvalue weighted by Gasteiger charge is 2.22. The van der Waals surface area contributed by atoms with Crippen LogP contribution in [0.3, 0.4) is 0 Å². The highest BCUT2D eigenvalue weighted by molar-refractivity contribution is 5.92. The van der Waals surface area contributed by atoms with Crippen LogP contribution in [-0.4, -0.2) is 41.1 Å². The summed E-state index contributed by atoms with van der Waals surface area (Å²) in [6.07, 6.45) is 4.81. The monoisotopic (exact) mass is 262 g/mol. The molecular weight excluding hydrogens is 240 g/mol. The molecule has 1 aromatic heterocycles. The van der Waals surface area contributed by atoms with Gasteiger partial charge in [0.2, 0.25) is 0 Å². The molecule has 1 N–H and O–H groups in total. The number of rotatable bonds is 6. The molecule has 104 valence electrons. The summed E-state index contributed by atoms with van der Waals surface area (Å²) in [6, 6.07) is 3.55. The average molecular weight is 262 g/mol. The van der Waals surface area contributed by atoms with Gasteiger partial charge in [-0.1, -0.05) is 13.3 Å². The van der Waals surface area contributed by atoms with Crippen LogP contribution < -0.4 is 5.32 Å². The summed E-state index contributed by atoms with van der Waals surface area (Å²) in [7, 11) is 1.84. The Morgan fingerprint density at radius 1 is 1.42 bits per heavy atom. The van der Waals surface area contributed by atoms with Crippen molar-refractivity contribution in [1.82, 2.24) is 15.1 Å². The molecule has 0 unspecified atom stereocenters. The molecule has 5 heteroatoms. The molecular formula is C14H22N4O. The second-order valence-corrected chi connectivity index (χ2v) is 5.21. The first-order valence-corrected chi connectivity index (χ1v) is 7.03. The van der Waals surface area contributed by atoms with Crippen LogP contribution in [0, 0.1) is 5.92 Å². The van der Waals surface area contributed by atoms with E-state index in [4.69, 9.17) is 0 Å². The fourth-order valence-corrected chi connectivity index (χ4v) is 2.13. The van der Waals surface area contributed by atoms with Gasteiger partial charge in [-0.05, 0) is 37.3 Å². The van der Waals surface area contributed by atoms with Gasteiger partial charge in [0.05, 0.1) is 0 Å². The molecule has 1 aliphatic carbocycles. The second-order valence-electron chi connectivity index (χ2n) is 5.21. The third-order valence-electron chi connectivity index (χ3n) is 3.54. The Morgan fingerprint density at radius 3 is 2.74 bits per heavy atom. The Balaban J connectivity index is 1.90. The summed E-state index contributed by atoms with van der Waals surface area (Å²) in [5.41, 5.74) is 0.420. The van der Waals surface area contributed by atoms with Crippen molar-refractivity contribution in [2.24, 2.45) is 5.92 Å². The van der Waals surface area contributed by atoms with Crippen molar-refractivity contribution in [2.75, 3.05) is 25.5 Å². The molecule has 0 spiro atoms. The molecule has 0 saturated heterocycles. The SMILES string of the molecule is CCCNc1ccc(C(=O)N(C)CC2CCC2)nn1. The third-order valence-corrected chi connectivity index (χ3v) is 3.54. The Kier molecular flexibility index (Phi) is 4.71. The molecule has 0 aromatic carbocycles. The van der Waals surface area contributed by atoms with Crippen LogP contribution in [0.4, 0.5) is 5.82 Å². The van der Waals surface area contributed by atoms with E-state index in [0.29, 0.717) is 11.6 Å². The molecule has 1 aliphatic rings. The molecule has 5 nitrogen and oxygen atoms in total. The quantitative estimate of drug-likeness (QED) is 0.853. The van der Waals surface area contributed by atoms with Crippen molar-refractivity contribution in [3.8, 4) is 0 Å². The molecule has 1 fully saturated rings. The van der Waals surface area contributed by atoms with Crippen molar-refractivity contribution in [2.45, 2.75) is 32.6 Å². The minimum Gasteiger partial charge on any atom is -0.369 e. The van der Waals surface area contributed by atoms with Crippen LogP contribution in [0.5, 0.6) is 0 Å². The molecule has 0 radical (unpaired) electrons. The van der Waals surface area contributed by atoms with E-state index in [-0.39, 0.29) is 5.91 Å². The number of hydrogen-bond acceptors (Lipinski definition) is 4. The van der Waals surface area contributed by atoms with Crippen LogP contribution in [0.1, 0.15) is 43.1 Å². The zero-order valence-corrected chi connectivity index (χ0v) is 11.7. The lowest BCUT2D eigenvalue weighted by atomic mass is 9.85. The molecule has 1 heterocycles. The fraction of sp³-hybridized carbons (Fsp3) is 0.643. The van der Waals surface area contributed by atoms with Crippen molar-refractivity contribution in [3.05, 3.63) is 17.8 Å². The van der Waals surface area contributed by atoms with Gasteiger partial charge in [-0.3, -0.25) is 4.79 Å². The van der Waals surface area contributed by atoms with Crippen molar-refractivity contribution in [1.29, 1.82) is 0 Å². The van der Waals surface area contributed by atoms with Crippen LogP contribution in [0.15, 0.2) is 12.1 Å². The zero-order chi connectivity index (χ0) is 13.7. The van der Waals surface area contributed by atoms with Crippen molar-refractivity contribution >= 4 is 11.7 Å². The van der Waals surface area contributed by atoms with Crippen LogP contribution >= 0.6 is 0 Å². The number of carbonyl (C=O) groups is 1. The zero-order valence-electron chi connectivity index (χ0n) is 11.7. The molecule has 2 rings (SSSR count). The predicted octanol–water partition coefficient (Wildman–Crippen LogP) is 2.17.